The largest absolute Gasteiger partial charge is 0.481 e. The molecule has 9 nitrogen and oxygen atoms in total. The molecule has 1 atom stereocenters. The maximum absolute atomic E-state index is 13.0. The first kappa shape index (κ1) is 27.5. The second-order valence-corrected chi connectivity index (χ2v) is 11.7. The van der Waals surface area contributed by atoms with E-state index >= 15 is 0 Å². The third-order valence-electron chi connectivity index (χ3n) is 8.26. The van der Waals surface area contributed by atoms with Crippen LogP contribution in [0.4, 0.5) is 0 Å². The highest BCUT2D eigenvalue weighted by atomic mass is 32.2. The first-order chi connectivity index (χ1) is 18.8. The minimum absolute atomic E-state index is 0.126. The predicted molar refractivity (Wildman–Crippen MR) is 149 cm³/mol. The van der Waals surface area contributed by atoms with Crippen molar-refractivity contribution in [2.24, 2.45) is 5.41 Å². The number of nitrogens with zero attached hydrogens (tertiary/aromatic N) is 2. The van der Waals surface area contributed by atoms with Gasteiger partial charge < -0.3 is 14.8 Å². The standard InChI is InChI=1S/C29H35N3O6S/c1-3-18-6-8-20(9-7-18)25-24(26(33)30-2)22-16-21(19-10-11-19)23(31-27(22)38-25)17-32(39(36)37)15-5-14-29(28(34)35)12-4-13-29/h6-9,16,19H,3-5,10-15,17H2,1-2H3,(H,30,33)(H,34,35)(H,36,37). The Morgan fingerprint density at radius 2 is 1.95 bits per heavy atom. The summed E-state index contributed by atoms with van der Waals surface area (Å²) in [5, 5.41) is 13.0. The third kappa shape index (κ3) is 5.50. The lowest BCUT2D eigenvalue weighted by Crippen LogP contribution is -2.38. The maximum atomic E-state index is 13.0. The molecule has 0 saturated heterocycles. The highest BCUT2D eigenvalue weighted by molar-refractivity contribution is 7.76. The number of aromatic nitrogens is 1. The van der Waals surface area contributed by atoms with Crippen LogP contribution in [0.1, 0.15) is 85.0 Å². The number of rotatable bonds is 12. The highest BCUT2D eigenvalue weighted by Gasteiger charge is 2.43. The van der Waals surface area contributed by atoms with Crippen molar-refractivity contribution in [3.05, 3.63) is 52.7 Å². The fourth-order valence-corrected chi connectivity index (χ4v) is 6.06. The van der Waals surface area contributed by atoms with Gasteiger partial charge in [-0.3, -0.25) is 14.1 Å². The molecule has 1 aromatic carbocycles. The Labute approximate surface area is 230 Å². The number of carbonyl (C=O) groups is 2. The van der Waals surface area contributed by atoms with Crippen molar-refractivity contribution in [1.29, 1.82) is 0 Å². The molecule has 2 aliphatic carbocycles. The molecule has 1 unspecified atom stereocenters. The lowest BCUT2D eigenvalue weighted by Gasteiger charge is -2.38. The van der Waals surface area contributed by atoms with Gasteiger partial charge in [-0.05, 0) is 68.1 Å². The van der Waals surface area contributed by atoms with E-state index in [1.165, 1.54) is 9.87 Å². The van der Waals surface area contributed by atoms with Crippen molar-refractivity contribution >= 4 is 34.2 Å². The third-order valence-corrected chi connectivity index (χ3v) is 9.02. The van der Waals surface area contributed by atoms with Crippen LogP contribution < -0.4 is 5.32 Å². The lowest BCUT2D eigenvalue weighted by atomic mass is 9.66. The number of carbonyl (C=O) groups excluding carboxylic acids is 1. The number of furan rings is 1. The van der Waals surface area contributed by atoms with E-state index < -0.39 is 22.7 Å². The van der Waals surface area contributed by atoms with Crippen molar-refractivity contribution in [3.63, 3.8) is 0 Å². The van der Waals surface area contributed by atoms with Gasteiger partial charge in [0.1, 0.15) is 5.76 Å². The second-order valence-electron chi connectivity index (χ2n) is 10.7. The average Bonchev–Trinajstić information content (AvgIpc) is 3.68. The van der Waals surface area contributed by atoms with Gasteiger partial charge in [0, 0.05) is 19.2 Å². The average molecular weight is 554 g/mol. The Hall–Kier alpha value is -3.08. The van der Waals surface area contributed by atoms with Crippen molar-refractivity contribution < 1.29 is 27.9 Å². The summed E-state index contributed by atoms with van der Waals surface area (Å²) in [6.07, 6.45) is 6.07. The number of aliphatic carboxylic acids is 1. The summed E-state index contributed by atoms with van der Waals surface area (Å²) >= 11 is -2.25. The monoisotopic (exact) mass is 553 g/mol. The zero-order valence-electron chi connectivity index (χ0n) is 22.4. The molecule has 2 aromatic heterocycles. The number of fused-ring (bicyclic) bond motifs is 1. The van der Waals surface area contributed by atoms with Crippen LogP contribution in [0, 0.1) is 5.41 Å². The molecule has 0 spiro atoms. The smallest absolute Gasteiger partial charge is 0.309 e. The Balaban J connectivity index is 1.47. The number of carboxylic acid groups (broad SMARTS) is 1. The number of nitrogens with one attached hydrogen (secondary N) is 1. The van der Waals surface area contributed by atoms with Crippen molar-refractivity contribution in [2.45, 2.75) is 70.8 Å². The molecule has 3 N–H and O–H groups in total. The number of carboxylic acids is 1. The normalized spacial score (nSPS) is 17.2. The van der Waals surface area contributed by atoms with E-state index in [0.29, 0.717) is 53.8 Å². The summed E-state index contributed by atoms with van der Waals surface area (Å²) in [6.45, 7) is 2.48. The number of aryl methyl sites for hydroxylation is 1. The van der Waals surface area contributed by atoms with E-state index in [2.05, 4.69) is 12.2 Å². The summed E-state index contributed by atoms with van der Waals surface area (Å²) in [6, 6.07) is 9.86. The minimum atomic E-state index is -2.25. The summed E-state index contributed by atoms with van der Waals surface area (Å²) in [4.78, 5) is 29.5. The van der Waals surface area contributed by atoms with Crippen LogP contribution in [0.2, 0.25) is 0 Å². The molecule has 1 amide bonds. The number of amides is 1. The summed E-state index contributed by atoms with van der Waals surface area (Å²) in [7, 11) is 1.58. The fourth-order valence-electron chi connectivity index (χ4n) is 5.54. The summed E-state index contributed by atoms with van der Waals surface area (Å²) in [5.41, 5.74) is 3.60. The van der Waals surface area contributed by atoms with Gasteiger partial charge in [0.2, 0.25) is 17.0 Å². The SMILES string of the molecule is CCc1ccc(-c2oc3nc(CN(CCCC4(C(=O)O)CCC4)S(=O)O)c(C4CC4)cc3c2C(=O)NC)cc1. The van der Waals surface area contributed by atoms with E-state index in [0.717, 1.165) is 36.8 Å². The van der Waals surface area contributed by atoms with E-state index in [-0.39, 0.29) is 24.9 Å². The van der Waals surface area contributed by atoms with E-state index in [1.54, 1.807) is 7.05 Å². The molecule has 2 saturated carbocycles. The number of pyridine rings is 1. The molecule has 2 heterocycles. The maximum Gasteiger partial charge on any atom is 0.309 e. The van der Waals surface area contributed by atoms with Crippen LogP contribution >= 0.6 is 0 Å². The van der Waals surface area contributed by atoms with E-state index in [4.69, 9.17) is 9.40 Å². The molecular weight excluding hydrogens is 518 g/mol. The van der Waals surface area contributed by atoms with Crippen LogP contribution in [0.3, 0.4) is 0 Å². The molecular formula is C29H35N3O6S. The quantitative estimate of drug-likeness (QED) is 0.260. The van der Waals surface area contributed by atoms with Gasteiger partial charge in [0.05, 0.1) is 28.6 Å². The van der Waals surface area contributed by atoms with Crippen molar-refractivity contribution in [1.82, 2.24) is 14.6 Å². The summed E-state index contributed by atoms with van der Waals surface area (Å²) in [5.74, 6) is -0.323. The molecule has 3 aromatic rings. The van der Waals surface area contributed by atoms with Gasteiger partial charge in [-0.25, -0.2) is 9.19 Å². The van der Waals surface area contributed by atoms with Crippen LogP contribution in [-0.2, 0) is 29.0 Å². The van der Waals surface area contributed by atoms with Crippen LogP contribution in [0.15, 0.2) is 34.7 Å². The molecule has 2 aliphatic rings. The first-order valence-electron chi connectivity index (χ1n) is 13.6. The molecule has 10 heteroatoms. The lowest BCUT2D eigenvalue weighted by molar-refractivity contribution is -0.155. The zero-order valence-corrected chi connectivity index (χ0v) is 23.2. The van der Waals surface area contributed by atoms with Gasteiger partial charge in [-0.2, -0.15) is 4.31 Å². The molecule has 0 radical (unpaired) electrons. The topological polar surface area (TPSA) is 133 Å². The van der Waals surface area contributed by atoms with Crippen molar-refractivity contribution in [2.75, 3.05) is 13.6 Å². The molecule has 5 rings (SSSR count). The Morgan fingerprint density at radius 1 is 1.23 bits per heavy atom. The van der Waals surface area contributed by atoms with Gasteiger partial charge in [-0.1, -0.05) is 37.6 Å². The van der Waals surface area contributed by atoms with Crippen LogP contribution in [-0.4, -0.2) is 48.6 Å². The second kappa shape index (κ2) is 11.2. The molecule has 0 aliphatic heterocycles. The molecule has 2 fully saturated rings. The first-order valence-corrected chi connectivity index (χ1v) is 14.7. The van der Waals surface area contributed by atoms with Gasteiger partial charge in [0.15, 0.2) is 0 Å². The number of benzene rings is 1. The van der Waals surface area contributed by atoms with E-state index in [9.17, 15) is 23.5 Å². The zero-order chi connectivity index (χ0) is 27.7. The molecule has 39 heavy (non-hydrogen) atoms. The Morgan fingerprint density at radius 3 is 2.49 bits per heavy atom. The minimum Gasteiger partial charge on any atom is -0.481 e. The molecule has 208 valence electrons. The van der Waals surface area contributed by atoms with Crippen LogP contribution in [0.25, 0.3) is 22.4 Å². The molecule has 0 bridgehead atoms. The number of hydrogen-bond acceptors (Lipinski definition) is 5. The Kier molecular flexibility index (Phi) is 7.89. The van der Waals surface area contributed by atoms with E-state index in [1.807, 2.05) is 30.3 Å². The van der Waals surface area contributed by atoms with Crippen molar-refractivity contribution in [3.8, 4) is 11.3 Å². The predicted octanol–water partition coefficient (Wildman–Crippen LogP) is 5.27. The van der Waals surface area contributed by atoms with Gasteiger partial charge >= 0.3 is 5.97 Å². The van der Waals surface area contributed by atoms with Gasteiger partial charge in [0.25, 0.3) is 5.91 Å². The fraction of sp³-hybridized carbons (Fsp3) is 0.483. The Bertz CT molecular complexity index is 1410. The van der Waals surface area contributed by atoms with Gasteiger partial charge in [-0.15, -0.1) is 0 Å². The number of hydrogen-bond donors (Lipinski definition) is 3. The highest BCUT2D eigenvalue weighted by Crippen LogP contribution is 2.46. The van der Waals surface area contributed by atoms with Crippen LogP contribution in [0.5, 0.6) is 0 Å². The summed E-state index contributed by atoms with van der Waals surface area (Å²) < 4.78 is 30.0.